The molecule has 0 radical (unpaired) electrons. The first-order valence-electron chi connectivity index (χ1n) is 8.90. The van der Waals surface area contributed by atoms with Gasteiger partial charge in [0.2, 0.25) is 5.91 Å². The Hall–Kier alpha value is -2.19. The topological polar surface area (TPSA) is 117 Å². The summed E-state index contributed by atoms with van der Waals surface area (Å²) in [5.74, 6) is -0.589. The maximum Gasteiger partial charge on any atom is 0.347 e. The first-order chi connectivity index (χ1) is 13.8. The molecular weight excluding hydrogens is 461 g/mol. The molecule has 0 spiro atoms. The average Bonchev–Trinajstić information content (AvgIpc) is 2.68. The maximum atomic E-state index is 12.6. The van der Waals surface area contributed by atoms with E-state index in [9.17, 15) is 19.0 Å². The van der Waals surface area contributed by atoms with Crippen LogP contribution in [0.1, 0.15) is 12.5 Å². The van der Waals surface area contributed by atoms with Crippen LogP contribution in [-0.4, -0.2) is 35.8 Å². The lowest BCUT2D eigenvalue weighted by atomic mass is 10.1. The number of halogens is 1. The van der Waals surface area contributed by atoms with Crippen molar-refractivity contribution in [2.75, 3.05) is 18.2 Å². The lowest BCUT2D eigenvalue weighted by molar-refractivity contribution is -0.122. The van der Waals surface area contributed by atoms with Gasteiger partial charge in [-0.25, -0.2) is 4.79 Å². The number of hydrogen-bond donors (Lipinski definition) is 4. The second kappa shape index (κ2) is 11.1. The van der Waals surface area contributed by atoms with Crippen molar-refractivity contribution in [2.45, 2.75) is 19.4 Å². The highest BCUT2D eigenvalue weighted by Crippen LogP contribution is 2.39. The minimum atomic E-state index is -3.93. The molecule has 29 heavy (non-hydrogen) atoms. The van der Waals surface area contributed by atoms with Crippen LogP contribution < -0.4 is 16.0 Å². The van der Waals surface area contributed by atoms with Gasteiger partial charge in [-0.3, -0.25) is 9.36 Å². The van der Waals surface area contributed by atoms with Gasteiger partial charge in [-0.2, -0.15) is 0 Å². The van der Waals surface area contributed by atoms with Crippen LogP contribution in [0.25, 0.3) is 0 Å². The third kappa shape index (κ3) is 8.37. The summed E-state index contributed by atoms with van der Waals surface area (Å²) in [6, 6.07) is 14.6. The lowest BCUT2D eigenvalue weighted by Gasteiger charge is -2.20. The van der Waals surface area contributed by atoms with Crippen LogP contribution >= 0.6 is 23.5 Å². The van der Waals surface area contributed by atoms with Gasteiger partial charge in [-0.15, -0.1) is 0 Å². The van der Waals surface area contributed by atoms with Crippen molar-refractivity contribution in [3.8, 4) is 0 Å². The van der Waals surface area contributed by atoms with Gasteiger partial charge in [-0.1, -0.05) is 46.3 Å². The van der Waals surface area contributed by atoms with Crippen LogP contribution in [0.5, 0.6) is 0 Å². The molecule has 0 aliphatic rings. The molecular formula is C19H23BrN3O5P. The second-order valence-electron chi connectivity index (χ2n) is 6.10. The largest absolute Gasteiger partial charge is 0.347 e. The highest BCUT2D eigenvalue weighted by molar-refractivity contribution is 9.10. The number of hydrogen-bond acceptors (Lipinski definition) is 4. The number of urea groups is 1. The molecule has 0 aliphatic carbocycles. The van der Waals surface area contributed by atoms with Gasteiger partial charge in [0.25, 0.3) is 0 Å². The van der Waals surface area contributed by atoms with Gasteiger partial charge in [-0.05, 0) is 36.8 Å². The van der Waals surface area contributed by atoms with Crippen molar-refractivity contribution >= 4 is 41.2 Å². The lowest BCUT2D eigenvalue weighted by Crippen LogP contribution is -2.49. The Bertz CT molecular complexity index is 864. The maximum absolute atomic E-state index is 12.6. The van der Waals surface area contributed by atoms with E-state index in [4.69, 9.17) is 4.52 Å². The average molecular weight is 484 g/mol. The van der Waals surface area contributed by atoms with E-state index in [1.165, 1.54) is 0 Å². The predicted octanol–water partition coefficient (Wildman–Crippen LogP) is 3.48. The fourth-order valence-electron chi connectivity index (χ4n) is 2.47. The van der Waals surface area contributed by atoms with Gasteiger partial charge in [0.15, 0.2) is 0 Å². The highest BCUT2D eigenvalue weighted by Gasteiger charge is 2.25. The summed E-state index contributed by atoms with van der Waals surface area (Å²) < 4.78 is 17.4. The first kappa shape index (κ1) is 23.1. The van der Waals surface area contributed by atoms with Crippen LogP contribution in [0.4, 0.5) is 10.5 Å². The van der Waals surface area contributed by atoms with E-state index < -0.39 is 31.9 Å². The minimum absolute atomic E-state index is 0.0466. The van der Waals surface area contributed by atoms with E-state index in [1.807, 2.05) is 30.3 Å². The van der Waals surface area contributed by atoms with Crippen molar-refractivity contribution < 1.29 is 23.6 Å². The van der Waals surface area contributed by atoms with E-state index in [1.54, 1.807) is 31.2 Å². The summed E-state index contributed by atoms with van der Waals surface area (Å²) in [5.41, 5.74) is 1.38. The number of carbonyl (C=O) groups is 2. The van der Waals surface area contributed by atoms with Gasteiger partial charge < -0.3 is 25.4 Å². The predicted molar refractivity (Wildman–Crippen MR) is 115 cm³/mol. The number of carbonyl (C=O) groups excluding carboxylic acids is 2. The van der Waals surface area contributed by atoms with E-state index in [0.717, 1.165) is 10.0 Å². The molecule has 2 rings (SSSR count). The summed E-state index contributed by atoms with van der Waals surface area (Å²) in [5, 5.41) is 7.64. The third-order valence-electron chi connectivity index (χ3n) is 3.79. The van der Waals surface area contributed by atoms with Crippen molar-refractivity contribution in [2.24, 2.45) is 0 Å². The van der Waals surface area contributed by atoms with Crippen molar-refractivity contribution in [3.05, 3.63) is 64.6 Å². The monoisotopic (exact) mass is 483 g/mol. The zero-order valence-electron chi connectivity index (χ0n) is 15.8. The molecule has 0 fully saturated rings. The number of nitrogens with one attached hydrogen (secondary N) is 3. The molecule has 1 unspecified atom stereocenters. The molecule has 3 amide bonds. The van der Waals surface area contributed by atoms with E-state index in [0.29, 0.717) is 5.69 Å². The Balaban J connectivity index is 2.05. The quantitative estimate of drug-likeness (QED) is 0.407. The second-order valence-corrected chi connectivity index (χ2v) is 8.87. The Morgan fingerprint density at radius 2 is 1.79 bits per heavy atom. The van der Waals surface area contributed by atoms with Crippen molar-refractivity contribution in [1.82, 2.24) is 10.6 Å². The molecule has 0 aromatic heterocycles. The molecule has 0 saturated carbocycles. The number of benzene rings is 2. The Labute approximate surface area is 177 Å². The standard InChI is InChI=1S/C19H23BrN3O5P/c1-2-28-29(26,27)13-21-18(24)17(12-14-6-4-3-5-7-14)23-19(25)22-16-10-8-15(20)9-11-16/h3-11,17H,2,12-13H2,1H3,(H,21,24)(H,26,27)(H2,22,23,25)/t17-/m0/s1. The molecule has 2 aromatic carbocycles. The van der Waals surface area contributed by atoms with Crippen molar-refractivity contribution in [1.29, 1.82) is 0 Å². The van der Waals surface area contributed by atoms with Gasteiger partial charge in [0.1, 0.15) is 12.3 Å². The molecule has 8 nitrogen and oxygen atoms in total. The number of rotatable bonds is 9. The summed E-state index contributed by atoms with van der Waals surface area (Å²) in [7, 11) is -3.93. The third-order valence-corrected chi connectivity index (χ3v) is 5.54. The van der Waals surface area contributed by atoms with Crippen LogP contribution in [0.3, 0.4) is 0 Å². The Morgan fingerprint density at radius 3 is 2.41 bits per heavy atom. The van der Waals surface area contributed by atoms with Gasteiger partial charge >= 0.3 is 13.6 Å². The molecule has 10 heteroatoms. The molecule has 0 bridgehead atoms. The molecule has 4 N–H and O–H groups in total. The zero-order valence-corrected chi connectivity index (χ0v) is 18.3. The molecule has 2 aromatic rings. The fraction of sp³-hybridized carbons (Fsp3) is 0.263. The zero-order chi connectivity index (χ0) is 21.3. The highest BCUT2D eigenvalue weighted by atomic mass is 79.9. The Morgan fingerprint density at radius 1 is 1.14 bits per heavy atom. The van der Waals surface area contributed by atoms with Gasteiger partial charge in [0, 0.05) is 16.6 Å². The van der Waals surface area contributed by atoms with E-state index in [-0.39, 0.29) is 13.0 Å². The normalized spacial score (nSPS) is 13.8. The van der Waals surface area contributed by atoms with E-state index >= 15 is 0 Å². The Kier molecular flexibility index (Phi) is 8.85. The summed E-state index contributed by atoms with van der Waals surface area (Å²) in [6.07, 6.45) is -0.328. The smallest absolute Gasteiger partial charge is 0.343 e. The summed E-state index contributed by atoms with van der Waals surface area (Å²) in [4.78, 5) is 34.6. The fourth-order valence-corrected chi connectivity index (χ4v) is 3.58. The van der Waals surface area contributed by atoms with E-state index in [2.05, 4.69) is 31.9 Å². The molecule has 156 valence electrons. The number of amides is 3. The SMILES string of the molecule is CCOP(=O)(O)CNC(=O)[C@H](Cc1ccccc1)NC(=O)Nc1ccc(Br)cc1. The first-order valence-corrected chi connectivity index (χ1v) is 11.5. The van der Waals surface area contributed by atoms with Crippen LogP contribution in [0, 0.1) is 0 Å². The molecule has 0 aliphatic heterocycles. The van der Waals surface area contributed by atoms with Crippen LogP contribution in [-0.2, 0) is 20.3 Å². The van der Waals surface area contributed by atoms with Crippen molar-refractivity contribution in [3.63, 3.8) is 0 Å². The van der Waals surface area contributed by atoms with Gasteiger partial charge in [0.05, 0.1) is 6.61 Å². The minimum Gasteiger partial charge on any atom is -0.343 e. The summed E-state index contributed by atoms with van der Waals surface area (Å²) >= 11 is 3.32. The van der Waals surface area contributed by atoms with Crippen LogP contribution in [0.2, 0.25) is 0 Å². The molecule has 0 heterocycles. The molecule has 2 atom stereocenters. The summed E-state index contributed by atoms with van der Waals surface area (Å²) in [6.45, 7) is 1.63. The molecule has 0 saturated heterocycles. The van der Waals surface area contributed by atoms with Crippen LogP contribution in [0.15, 0.2) is 59.1 Å². The number of anilines is 1.